The number of allylic oxidation sites excluding steroid dienone is 1. The molecule has 0 aromatic carbocycles. The molecule has 0 unspecified atom stereocenters. The van der Waals surface area contributed by atoms with Crippen molar-refractivity contribution >= 4 is 5.65 Å². The zero-order valence-electron chi connectivity index (χ0n) is 7.40. The van der Waals surface area contributed by atoms with Crippen LogP contribution in [0.15, 0.2) is 29.7 Å². The maximum atomic E-state index is 11.4. The van der Waals surface area contributed by atoms with Crippen molar-refractivity contribution in [2.24, 2.45) is 0 Å². The summed E-state index contributed by atoms with van der Waals surface area (Å²) in [4.78, 5) is 14.0. The predicted molar refractivity (Wildman–Crippen MR) is 51.4 cm³/mol. The molecule has 0 bridgehead atoms. The Morgan fingerprint density at radius 3 is 3.21 bits per heavy atom. The molecular formula is C9H9N3O2. The molecule has 2 heterocycles. The third-order valence-corrected chi connectivity index (χ3v) is 1.98. The lowest BCUT2D eigenvalue weighted by Gasteiger charge is -2.02. The molecule has 14 heavy (non-hydrogen) atoms. The summed E-state index contributed by atoms with van der Waals surface area (Å²) in [5.41, 5.74) is 0.437. The lowest BCUT2D eigenvalue weighted by molar-refractivity contribution is 0.428. The molecule has 2 rings (SSSR count). The Hall–Kier alpha value is -2.04. The van der Waals surface area contributed by atoms with E-state index in [0.29, 0.717) is 12.1 Å². The second-order valence-corrected chi connectivity index (χ2v) is 2.88. The highest BCUT2D eigenvalue weighted by Gasteiger charge is 2.10. The van der Waals surface area contributed by atoms with E-state index in [1.165, 1.54) is 10.7 Å². The zero-order chi connectivity index (χ0) is 10.1. The van der Waals surface area contributed by atoms with Gasteiger partial charge in [-0.2, -0.15) is 9.61 Å². The largest absolute Gasteiger partial charge is 0.493 e. The molecule has 0 aliphatic carbocycles. The number of rotatable bonds is 2. The molecule has 2 aromatic rings. The van der Waals surface area contributed by atoms with E-state index in [4.69, 9.17) is 0 Å². The molecule has 5 nitrogen and oxygen atoms in total. The number of aromatic amines is 1. The van der Waals surface area contributed by atoms with Gasteiger partial charge >= 0.3 is 0 Å². The molecule has 2 aromatic heterocycles. The second kappa shape index (κ2) is 3.02. The van der Waals surface area contributed by atoms with Crippen LogP contribution in [0.4, 0.5) is 0 Å². The van der Waals surface area contributed by atoms with Crippen molar-refractivity contribution in [3.05, 3.63) is 40.8 Å². The van der Waals surface area contributed by atoms with Crippen LogP contribution in [0.2, 0.25) is 0 Å². The first-order valence-corrected chi connectivity index (χ1v) is 4.13. The Kier molecular flexibility index (Phi) is 1.85. The fourth-order valence-corrected chi connectivity index (χ4v) is 1.32. The van der Waals surface area contributed by atoms with E-state index in [1.54, 1.807) is 12.1 Å². The highest BCUT2D eigenvalue weighted by Crippen LogP contribution is 2.13. The number of hydrogen-bond donors (Lipinski definition) is 2. The van der Waals surface area contributed by atoms with Gasteiger partial charge in [-0.15, -0.1) is 6.58 Å². The maximum Gasteiger partial charge on any atom is 0.258 e. The third kappa shape index (κ3) is 1.10. The summed E-state index contributed by atoms with van der Waals surface area (Å²) in [6.45, 7) is 3.51. The first kappa shape index (κ1) is 8.55. The van der Waals surface area contributed by atoms with Gasteiger partial charge < -0.3 is 10.1 Å². The van der Waals surface area contributed by atoms with E-state index < -0.39 is 0 Å². The van der Waals surface area contributed by atoms with Crippen molar-refractivity contribution in [1.82, 2.24) is 14.6 Å². The van der Waals surface area contributed by atoms with Gasteiger partial charge in [0.15, 0.2) is 0 Å². The summed E-state index contributed by atoms with van der Waals surface area (Å²) in [5.74, 6) is -0.131. The molecule has 0 fully saturated rings. The molecule has 0 spiro atoms. The number of hydrogen-bond acceptors (Lipinski definition) is 3. The molecule has 72 valence electrons. The highest BCUT2D eigenvalue weighted by atomic mass is 16.3. The van der Waals surface area contributed by atoms with Gasteiger partial charge in [0.25, 0.3) is 5.56 Å². The van der Waals surface area contributed by atoms with E-state index in [2.05, 4.69) is 16.7 Å². The molecule has 5 heteroatoms. The van der Waals surface area contributed by atoms with Crippen molar-refractivity contribution in [2.75, 3.05) is 0 Å². The fourth-order valence-electron chi connectivity index (χ4n) is 1.32. The van der Waals surface area contributed by atoms with Crippen LogP contribution in [0.5, 0.6) is 5.88 Å². The molecular weight excluding hydrogens is 182 g/mol. The number of aromatic nitrogens is 3. The van der Waals surface area contributed by atoms with Crippen LogP contribution in [0.1, 0.15) is 5.56 Å². The molecule has 0 atom stereocenters. The average molecular weight is 191 g/mol. The van der Waals surface area contributed by atoms with Gasteiger partial charge in [0.1, 0.15) is 5.65 Å². The summed E-state index contributed by atoms with van der Waals surface area (Å²) in [6, 6.07) is 1.61. The number of nitrogens with one attached hydrogen (secondary N) is 1. The van der Waals surface area contributed by atoms with Gasteiger partial charge in [0.2, 0.25) is 5.88 Å². The number of H-pyrrole nitrogens is 1. The van der Waals surface area contributed by atoms with Crippen LogP contribution in [-0.2, 0) is 6.42 Å². The van der Waals surface area contributed by atoms with Gasteiger partial charge in [0, 0.05) is 12.5 Å². The van der Waals surface area contributed by atoms with Crippen molar-refractivity contribution in [3.63, 3.8) is 0 Å². The lowest BCUT2D eigenvalue weighted by atomic mass is 10.2. The van der Waals surface area contributed by atoms with Crippen molar-refractivity contribution in [1.29, 1.82) is 0 Å². The van der Waals surface area contributed by atoms with E-state index in [9.17, 15) is 9.90 Å². The second-order valence-electron chi connectivity index (χ2n) is 2.88. The maximum absolute atomic E-state index is 11.4. The summed E-state index contributed by atoms with van der Waals surface area (Å²) in [6.07, 6.45) is 3.37. The minimum absolute atomic E-state index is 0.131. The summed E-state index contributed by atoms with van der Waals surface area (Å²) >= 11 is 0. The Morgan fingerprint density at radius 2 is 2.50 bits per heavy atom. The first-order chi connectivity index (χ1) is 6.74. The zero-order valence-corrected chi connectivity index (χ0v) is 7.40. The predicted octanol–water partition coefficient (Wildman–Crippen LogP) is 0.457. The van der Waals surface area contributed by atoms with E-state index in [1.807, 2.05) is 0 Å². The minimum atomic E-state index is -0.310. The Balaban J connectivity index is 2.82. The van der Waals surface area contributed by atoms with Crippen LogP contribution in [0.3, 0.4) is 0 Å². The van der Waals surface area contributed by atoms with Crippen molar-refractivity contribution in [3.8, 4) is 5.88 Å². The normalized spacial score (nSPS) is 10.6. The van der Waals surface area contributed by atoms with Gasteiger partial charge in [-0.3, -0.25) is 4.79 Å². The fraction of sp³-hybridized carbons (Fsp3) is 0.111. The molecule has 0 radical (unpaired) electrons. The lowest BCUT2D eigenvalue weighted by Crippen LogP contribution is -2.15. The quantitative estimate of drug-likeness (QED) is 0.677. The molecule has 0 saturated heterocycles. The van der Waals surface area contributed by atoms with Crippen molar-refractivity contribution < 1.29 is 5.11 Å². The van der Waals surface area contributed by atoms with Crippen LogP contribution in [0, 0.1) is 0 Å². The van der Waals surface area contributed by atoms with Crippen LogP contribution in [0.25, 0.3) is 5.65 Å². The highest BCUT2D eigenvalue weighted by molar-refractivity contribution is 5.41. The topological polar surface area (TPSA) is 70.4 Å². The molecule has 0 aliphatic rings. The van der Waals surface area contributed by atoms with Crippen LogP contribution >= 0.6 is 0 Å². The van der Waals surface area contributed by atoms with E-state index in [-0.39, 0.29) is 17.0 Å². The van der Waals surface area contributed by atoms with Gasteiger partial charge in [-0.05, 0) is 0 Å². The van der Waals surface area contributed by atoms with Crippen LogP contribution < -0.4 is 5.56 Å². The molecule has 2 N–H and O–H groups in total. The number of fused-ring (bicyclic) bond motifs is 1. The smallest absolute Gasteiger partial charge is 0.258 e. The van der Waals surface area contributed by atoms with Crippen molar-refractivity contribution in [2.45, 2.75) is 6.42 Å². The Bertz CT molecular complexity index is 538. The third-order valence-electron chi connectivity index (χ3n) is 1.98. The monoisotopic (exact) mass is 191 g/mol. The average Bonchev–Trinajstić information content (AvgIpc) is 2.60. The number of nitrogens with zero attached hydrogens (tertiary/aromatic N) is 2. The Labute approximate surface area is 79.3 Å². The van der Waals surface area contributed by atoms with Gasteiger partial charge in [-0.25, -0.2) is 0 Å². The molecule has 0 saturated carbocycles. The van der Waals surface area contributed by atoms with Gasteiger partial charge in [0.05, 0.1) is 11.8 Å². The molecule has 0 amide bonds. The van der Waals surface area contributed by atoms with Gasteiger partial charge in [-0.1, -0.05) is 6.08 Å². The van der Waals surface area contributed by atoms with E-state index in [0.717, 1.165) is 0 Å². The van der Waals surface area contributed by atoms with Crippen LogP contribution in [-0.4, -0.2) is 19.7 Å². The van der Waals surface area contributed by atoms with E-state index >= 15 is 0 Å². The number of aromatic hydroxyl groups is 1. The molecule has 0 aliphatic heterocycles. The standard InChI is InChI=1S/C9H9N3O2/c1-2-3-6-8(13)11-7-4-5-10-12(7)9(6)14/h2,4-5,14H,1,3H2,(H,11,13). The summed E-state index contributed by atoms with van der Waals surface area (Å²) in [7, 11) is 0. The first-order valence-electron chi connectivity index (χ1n) is 4.13. The summed E-state index contributed by atoms with van der Waals surface area (Å²) in [5, 5.41) is 13.5. The minimum Gasteiger partial charge on any atom is -0.493 e. The Morgan fingerprint density at radius 1 is 1.71 bits per heavy atom. The summed E-state index contributed by atoms with van der Waals surface area (Å²) < 4.78 is 1.28. The SMILES string of the molecule is C=CCc1c(O)n2nccc2[nH]c1=O.